The van der Waals surface area contributed by atoms with Crippen LogP contribution in [0.3, 0.4) is 0 Å². The van der Waals surface area contributed by atoms with Gasteiger partial charge in [-0.15, -0.1) is 0 Å². The van der Waals surface area contributed by atoms with E-state index in [1.807, 2.05) is 44.2 Å². The maximum Gasteiger partial charge on any atom is 0.322 e. The number of nitrogens with one attached hydrogen (secondary N) is 3. The third kappa shape index (κ3) is 7.41. The zero-order valence-electron chi connectivity index (χ0n) is 21.5. The largest absolute Gasteiger partial charge is 0.480 e. The second-order valence-electron chi connectivity index (χ2n) is 9.10. The van der Waals surface area contributed by atoms with E-state index in [0.717, 1.165) is 23.1 Å². The van der Waals surface area contributed by atoms with Crippen LogP contribution in [-0.4, -0.2) is 38.1 Å². The van der Waals surface area contributed by atoms with Gasteiger partial charge in [0.15, 0.2) is 0 Å². The molecule has 0 aliphatic heterocycles. The van der Waals surface area contributed by atoms with Crippen LogP contribution in [0.2, 0.25) is 0 Å². The molecule has 196 valence electrons. The predicted molar refractivity (Wildman–Crippen MR) is 145 cm³/mol. The quantitative estimate of drug-likeness (QED) is 0.304. The molecule has 0 aliphatic rings. The normalized spacial score (nSPS) is 12.1. The van der Waals surface area contributed by atoms with Crippen LogP contribution < -0.4 is 15.4 Å². The zero-order chi connectivity index (χ0) is 27.2. The third-order valence-electron chi connectivity index (χ3n) is 5.85. The molecule has 1 atom stereocenters. The van der Waals surface area contributed by atoms with E-state index in [4.69, 9.17) is 0 Å². The molecule has 0 fully saturated rings. The summed E-state index contributed by atoms with van der Waals surface area (Å²) < 4.78 is 28.5. The molecule has 37 heavy (non-hydrogen) atoms. The molecule has 0 aromatic heterocycles. The Kier molecular flexibility index (Phi) is 9.07. The smallest absolute Gasteiger partial charge is 0.322 e. The first kappa shape index (κ1) is 27.9. The lowest BCUT2D eigenvalue weighted by atomic mass is 10.0. The fourth-order valence-corrected chi connectivity index (χ4v) is 5.92. The molecule has 0 bridgehead atoms. The summed E-state index contributed by atoms with van der Waals surface area (Å²) in [5, 5.41) is 15.3. The first-order chi connectivity index (χ1) is 17.5. The molecular formula is C28H33N3O5S. The van der Waals surface area contributed by atoms with E-state index >= 15 is 0 Å². The minimum atomic E-state index is -4.05. The molecule has 0 aliphatic carbocycles. The molecule has 0 spiro atoms. The Morgan fingerprint density at radius 1 is 0.919 bits per heavy atom. The van der Waals surface area contributed by atoms with Crippen molar-refractivity contribution in [2.75, 3.05) is 11.9 Å². The van der Waals surface area contributed by atoms with Crippen molar-refractivity contribution in [3.05, 3.63) is 82.9 Å². The van der Waals surface area contributed by atoms with Crippen molar-refractivity contribution in [3.8, 4) is 11.1 Å². The van der Waals surface area contributed by atoms with E-state index in [0.29, 0.717) is 28.9 Å². The van der Waals surface area contributed by atoms with E-state index in [-0.39, 0.29) is 17.3 Å². The van der Waals surface area contributed by atoms with Gasteiger partial charge >= 0.3 is 12.0 Å². The number of carbonyl (C=O) groups is 2. The second kappa shape index (κ2) is 12.0. The summed E-state index contributed by atoms with van der Waals surface area (Å²) in [7, 11) is -4.05. The van der Waals surface area contributed by atoms with Gasteiger partial charge in [-0.2, -0.15) is 4.72 Å². The monoisotopic (exact) mass is 523 g/mol. The first-order valence-corrected chi connectivity index (χ1v) is 13.6. The number of amides is 2. The SMILES string of the molecule is CCCNC(=O)Nc1cccc(-c2ccc(CC(NS(=O)(=O)c3c(C)cc(C)cc3C)C(=O)O)cc2)c1. The van der Waals surface area contributed by atoms with Gasteiger partial charge in [0.25, 0.3) is 0 Å². The van der Waals surface area contributed by atoms with Gasteiger partial charge in [-0.25, -0.2) is 13.2 Å². The van der Waals surface area contributed by atoms with Gasteiger partial charge in [-0.1, -0.05) is 61.0 Å². The van der Waals surface area contributed by atoms with Crippen LogP contribution in [0.4, 0.5) is 10.5 Å². The minimum absolute atomic E-state index is 0.0159. The van der Waals surface area contributed by atoms with Crippen LogP contribution in [0.5, 0.6) is 0 Å². The fourth-order valence-electron chi connectivity index (χ4n) is 4.28. The molecule has 0 heterocycles. The number of urea groups is 1. The van der Waals surface area contributed by atoms with Gasteiger partial charge in [-0.3, -0.25) is 4.79 Å². The number of rotatable bonds is 10. The number of anilines is 1. The molecule has 3 aromatic carbocycles. The molecule has 8 nitrogen and oxygen atoms in total. The number of aliphatic carboxylic acids is 1. The van der Waals surface area contributed by atoms with Gasteiger partial charge in [0.05, 0.1) is 4.90 Å². The highest BCUT2D eigenvalue weighted by molar-refractivity contribution is 7.89. The van der Waals surface area contributed by atoms with Crippen molar-refractivity contribution in [2.45, 2.75) is 51.5 Å². The summed E-state index contributed by atoms with van der Waals surface area (Å²) in [6.07, 6.45) is 0.827. The van der Waals surface area contributed by atoms with E-state index in [2.05, 4.69) is 15.4 Å². The first-order valence-electron chi connectivity index (χ1n) is 12.1. The van der Waals surface area contributed by atoms with Crippen LogP contribution in [0.1, 0.15) is 35.6 Å². The summed E-state index contributed by atoms with van der Waals surface area (Å²) in [4.78, 5) is 24.0. The average molecular weight is 524 g/mol. The highest BCUT2D eigenvalue weighted by atomic mass is 32.2. The summed E-state index contributed by atoms with van der Waals surface area (Å²) in [6, 6.07) is 16.5. The average Bonchev–Trinajstić information content (AvgIpc) is 2.82. The standard InChI is InChI=1S/C28H33N3O5S/c1-5-13-29-28(34)30-24-8-6-7-23(17-24)22-11-9-21(10-12-22)16-25(27(32)33)31-37(35,36)26-19(3)14-18(2)15-20(26)4/h6-12,14-15,17,25,31H,5,13,16H2,1-4H3,(H,32,33)(H2,29,30,34). The second-order valence-corrected chi connectivity index (χ2v) is 10.8. The molecule has 3 aromatic rings. The number of hydrogen-bond donors (Lipinski definition) is 4. The molecule has 3 rings (SSSR count). The number of carboxylic acid groups (broad SMARTS) is 1. The molecule has 4 N–H and O–H groups in total. The van der Waals surface area contributed by atoms with Gasteiger partial charge in [0.1, 0.15) is 6.04 Å². The Morgan fingerprint density at radius 2 is 1.57 bits per heavy atom. The molecule has 0 saturated carbocycles. The van der Waals surface area contributed by atoms with Crippen molar-refractivity contribution in [2.24, 2.45) is 0 Å². The predicted octanol–water partition coefficient (Wildman–Crippen LogP) is 4.78. The number of aryl methyl sites for hydroxylation is 3. The molecule has 0 saturated heterocycles. The Labute approximate surface area is 218 Å². The number of benzene rings is 3. The lowest BCUT2D eigenvalue weighted by Crippen LogP contribution is -2.42. The van der Waals surface area contributed by atoms with E-state index < -0.39 is 22.0 Å². The number of hydrogen-bond acceptors (Lipinski definition) is 4. The molecule has 0 radical (unpaired) electrons. The zero-order valence-corrected chi connectivity index (χ0v) is 22.3. The van der Waals surface area contributed by atoms with E-state index in [1.54, 1.807) is 44.2 Å². The van der Waals surface area contributed by atoms with Gasteiger partial charge in [0.2, 0.25) is 10.0 Å². The maximum absolute atomic E-state index is 13.1. The van der Waals surface area contributed by atoms with Gasteiger partial charge in [-0.05, 0) is 73.6 Å². The number of carbonyl (C=O) groups excluding carboxylic acids is 1. The molecule has 2 amide bonds. The van der Waals surface area contributed by atoms with Crippen LogP contribution in [-0.2, 0) is 21.2 Å². The highest BCUT2D eigenvalue weighted by Gasteiger charge is 2.28. The van der Waals surface area contributed by atoms with Gasteiger partial charge < -0.3 is 15.7 Å². The lowest BCUT2D eigenvalue weighted by molar-refractivity contribution is -0.138. The minimum Gasteiger partial charge on any atom is -0.480 e. The number of carboxylic acids is 1. The van der Waals surface area contributed by atoms with Crippen molar-refractivity contribution >= 4 is 27.7 Å². The third-order valence-corrected chi connectivity index (χ3v) is 7.63. The summed E-state index contributed by atoms with van der Waals surface area (Å²) in [5.74, 6) is -1.25. The lowest BCUT2D eigenvalue weighted by Gasteiger charge is -2.18. The van der Waals surface area contributed by atoms with E-state index in [9.17, 15) is 23.1 Å². The fraction of sp³-hybridized carbons (Fsp3) is 0.286. The maximum atomic E-state index is 13.1. The molecule has 1 unspecified atom stereocenters. The van der Waals surface area contributed by atoms with E-state index in [1.165, 1.54) is 0 Å². The Bertz CT molecular complexity index is 1360. The Balaban J connectivity index is 1.75. The summed E-state index contributed by atoms with van der Waals surface area (Å²) in [6.45, 7) is 7.84. The van der Waals surface area contributed by atoms with Crippen molar-refractivity contribution in [1.29, 1.82) is 0 Å². The van der Waals surface area contributed by atoms with Crippen molar-refractivity contribution < 1.29 is 23.1 Å². The Morgan fingerprint density at radius 3 is 2.16 bits per heavy atom. The van der Waals surface area contributed by atoms with Crippen LogP contribution >= 0.6 is 0 Å². The molecule has 9 heteroatoms. The molecular weight excluding hydrogens is 490 g/mol. The highest BCUT2D eigenvalue weighted by Crippen LogP contribution is 2.25. The van der Waals surface area contributed by atoms with Gasteiger partial charge in [0, 0.05) is 12.2 Å². The van der Waals surface area contributed by atoms with Crippen molar-refractivity contribution in [3.63, 3.8) is 0 Å². The summed E-state index contributed by atoms with van der Waals surface area (Å²) >= 11 is 0. The topological polar surface area (TPSA) is 125 Å². The van der Waals surface area contributed by atoms with Crippen molar-refractivity contribution in [1.82, 2.24) is 10.0 Å². The number of sulfonamides is 1. The van der Waals surface area contributed by atoms with Crippen LogP contribution in [0.15, 0.2) is 65.6 Å². The van der Waals surface area contributed by atoms with Crippen LogP contribution in [0.25, 0.3) is 11.1 Å². The Hall–Kier alpha value is -3.69. The van der Waals surface area contributed by atoms with Crippen LogP contribution in [0, 0.1) is 20.8 Å². The summed E-state index contributed by atoms with van der Waals surface area (Å²) in [5.41, 5.74) is 5.14.